The Bertz CT molecular complexity index is 935. The molecular weight excluding hydrogens is 398 g/mol. The average molecular weight is 428 g/mol. The van der Waals surface area contributed by atoms with E-state index in [2.05, 4.69) is 5.16 Å². The zero-order chi connectivity index (χ0) is 22.0. The minimum Gasteiger partial charge on any atom is -0.497 e. The van der Waals surface area contributed by atoms with Crippen molar-refractivity contribution in [1.29, 1.82) is 0 Å². The number of aliphatic hydroxyl groups is 1. The van der Waals surface area contributed by atoms with Gasteiger partial charge in [0.05, 0.1) is 18.9 Å². The van der Waals surface area contributed by atoms with Crippen LogP contribution < -0.4 is 4.74 Å². The molecule has 166 valence electrons. The Morgan fingerprint density at radius 3 is 2.65 bits per heavy atom. The number of ether oxygens (including phenoxy) is 1. The Hall–Kier alpha value is -2.87. The van der Waals surface area contributed by atoms with Crippen LogP contribution in [0.15, 0.2) is 34.9 Å². The molecule has 2 saturated heterocycles. The van der Waals surface area contributed by atoms with Gasteiger partial charge in [0.2, 0.25) is 5.91 Å². The van der Waals surface area contributed by atoms with Gasteiger partial charge in [0.1, 0.15) is 11.5 Å². The molecule has 2 aromatic rings. The first-order valence-electron chi connectivity index (χ1n) is 10.8. The smallest absolute Gasteiger partial charge is 0.253 e. The van der Waals surface area contributed by atoms with Crippen molar-refractivity contribution in [3.05, 3.63) is 47.3 Å². The van der Waals surface area contributed by atoms with Gasteiger partial charge in [-0.05, 0) is 38.0 Å². The van der Waals surface area contributed by atoms with E-state index >= 15 is 0 Å². The summed E-state index contributed by atoms with van der Waals surface area (Å²) in [7, 11) is 1.58. The molecule has 2 aliphatic rings. The lowest BCUT2D eigenvalue weighted by molar-refractivity contribution is -0.136. The van der Waals surface area contributed by atoms with E-state index in [1.165, 1.54) is 0 Å². The van der Waals surface area contributed by atoms with Gasteiger partial charge in [-0.15, -0.1) is 0 Å². The fourth-order valence-electron chi connectivity index (χ4n) is 4.53. The molecule has 2 fully saturated rings. The van der Waals surface area contributed by atoms with E-state index in [1.54, 1.807) is 35.1 Å². The largest absolute Gasteiger partial charge is 0.497 e. The topological polar surface area (TPSA) is 96.1 Å². The van der Waals surface area contributed by atoms with Gasteiger partial charge in [-0.25, -0.2) is 0 Å². The first kappa shape index (κ1) is 21.4. The standard InChI is InChI=1S/C23H29N3O5/c1-15-10-20(31-24-15)12-18-13-26(14-21(18)27)22(28)16-6-8-25(9-7-16)23(29)17-4-3-5-19(11-17)30-2/h3-5,10-11,16,18,21,27H,6-9,12-14H2,1-2H3/t18-,21+/m1/s1. The maximum atomic E-state index is 13.0. The molecule has 0 saturated carbocycles. The number of methoxy groups -OCH3 is 1. The lowest BCUT2D eigenvalue weighted by Gasteiger charge is -2.33. The van der Waals surface area contributed by atoms with Crippen LogP contribution in [0, 0.1) is 18.8 Å². The number of carbonyl (C=O) groups is 2. The summed E-state index contributed by atoms with van der Waals surface area (Å²) in [4.78, 5) is 29.4. The molecule has 0 spiro atoms. The number of piperidine rings is 1. The molecule has 1 aromatic heterocycles. The number of amides is 2. The number of hydrogen-bond acceptors (Lipinski definition) is 6. The molecule has 2 aliphatic heterocycles. The maximum Gasteiger partial charge on any atom is 0.253 e. The van der Waals surface area contributed by atoms with Gasteiger partial charge < -0.3 is 24.2 Å². The molecule has 1 aromatic carbocycles. The number of rotatable bonds is 5. The number of aryl methyl sites for hydroxylation is 1. The molecule has 4 rings (SSSR count). The Balaban J connectivity index is 1.30. The summed E-state index contributed by atoms with van der Waals surface area (Å²) in [6, 6.07) is 9.00. The van der Waals surface area contributed by atoms with Crippen molar-refractivity contribution in [2.24, 2.45) is 11.8 Å². The number of hydrogen-bond donors (Lipinski definition) is 1. The van der Waals surface area contributed by atoms with Crippen molar-refractivity contribution in [2.45, 2.75) is 32.3 Å². The van der Waals surface area contributed by atoms with Crippen LogP contribution in [0.4, 0.5) is 0 Å². The van der Waals surface area contributed by atoms with Crippen LogP contribution in [0.1, 0.15) is 34.7 Å². The van der Waals surface area contributed by atoms with Crippen LogP contribution in [0.25, 0.3) is 0 Å². The fraction of sp³-hybridized carbons (Fsp3) is 0.522. The van der Waals surface area contributed by atoms with Crippen molar-refractivity contribution in [1.82, 2.24) is 15.0 Å². The van der Waals surface area contributed by atoms with Gasteiger partial charge in [0.15, 0.2) is 0 Å². The zero-order valence-corrected chi connectivity index (χ0v) is 18.0. The third-order valence-electron chi connectivity index (χ3n) is 6.31. The first-order valence-corrected chi connectivity index (χ1v) is 10.8. The molecule has 8 nitrogen and oxygen atoms in total. The number of aliphatic hydroxyl groups excluding tert-OH is 1. The second kappa shape index (κ2) is 9.09. The van der Waals surface area contributed by atoms with Gasteiger partial charge in [0.25, 0.3) is 5.91 Å². The van der Waals surface area contributed by atoms with Gasteiger partial charge in [-0.1, -0.05) is 11.2 Å². The third kappa shape index (κ3) is 4.74. The monoisotopic (exact) mass is 427 g/mol. The molecular formula is C23H29N3O5. The molecule has 8 heteroatoms. The van der Waals surface area contributed by atoms with E-state index in [-0.39, 0.29) is 23.7 Å². The Kier molecular flexibility index (Phi) is 6.27. The molecule has 2 atom stereocenters. The number of carbonyl (C=O) groups excluding carboxylic acids is 2. The molecule has 3 heterocycles. The van der Waals surface area contributed by atoms with Crippen LogP contribution in [0.2, 0.25) is 0 Å². The van der Waals surface area contributed by atoms with Crippen LogP contribution in [-0.4, -0.2) is 71.3 Å². The van der Waals surface area contributed by atoms with Crippen molar-refractivity contribution in [3.63, 3.8) is 0 Å². The van der Waals surface area contributed by atoms with Crippen LogP contribution in [0.5, 0.6) is 5.75 Å². The van der Waals surface area contributed by atoms with Crippen molar-refractivity contribution in [2.75, 3.05) is 33.3 Å². The molecule has 0 unspecified atom stereocenters. The SMILES string of the molecule is COc1cccc(C(=O)N2CCC(C(=O)N3C[C@@H](Cc4cc(C)no4)[C@@H](O)C3)CC2)c1. The average Bonchev–Trinajstić information content (AvgIpc) is 3.38. The predicted octanol–water partition coefficient (Wildman–Crippen LogP) is 1.91. The number of benzene rings is 1. The fourth-order valence-corrected chi connectivity index (χ4v) is 4.53. The number of likely N-dealkylation sites (tertiary alicyclic amines) is 2. The van der Waals surface area contributed by atoms with Crippen LogP contribution in [-0.2, 0) is 11.2 Å². The quantitative estimate of drug-likeness (QED) is 0.783. The van der Waals surface area contributed by atoms with Gasteiger partial charge in [0, 0.05) is 56.1 Å². The molecule has 2 amide bonds. The van der Waals surface area contributed by atoms with E-state index in [9.17, 15) is 14.7 Å². The number of aromatic nitrogens is 1. The molecule has 31 heavy (non-hydrogen) atoms. The lowest BCUT2D eigenvalue weighted by atomic mass is 9.94. The highest BCUT2D eigenvalue weighted by Gasteiger charge is 2.38. The minimum atomic E-state index is -0.566. The van der Waals surface area contributed by atoms with E-state index < -0.39 is 6.10 Å². The number of β-amino-alcohol motifs (C(OH)–C–C–N with tert-alkyl or cyclic N) is 1. The highest BCUT2D eigenvalue weighted by molar-refractivity contribution is 5.94. The highest BCUT2D eigenvalue weighted by Crippen LogP contribution is 2.27. The predicted molar refractivity (Wildman–Crippen MR) is 113 cm³/mol. The van der Waals surface area contributed by atoms with Crippen molar-refractivity contribution < 1.29 is 24.0 Å². The summed E-state index contributed by atoms with van der Waals surface area (Å²) in [6.45, 7) is 3.81. The normalized spacial score (nSPS) is 22.0. The van der Waals surface area contributed by atoms with E-state index in [4.69, 9.17) is 9.26 Å². The van der Waals surface area contributed by atoms with E-state index in [1.807, 2.05) is 19.1 Å². The van der Waals surface area contributed by atoms with Gasteiger partial charge in [-0.3, -0.25) is 9.59 Å². The van der Waals surface area contributed by atoms with E-state index in [0.717, 1.165) is 11.5 Å². The van der Waals surface area contributed by atoms with Gasteiger partial charge in [-0.2, -0.15) is 0 Å². The minimum absolute atomic E-state index is 0.0381. The maximum absolute atomic E-state index is 13.0. The summed E-state index contributed by atoms with van der Waals surface area (Å²) >= 11 is 0. The highest BCUT2D eigenvalue weighted by atomic mass is 16.5. The van der Waals surface area contributed by atoms with Gasteiger partial charge >= 0.3 is 0 Å². The summed E-state index contributed by atoms with van der Waals surface area (Å²) in [5.74, 6) is 1.25. The zero-order valence-electron chi connectivity index (χ0n) is 18.0. The van der Waals surface area contributed by atoms with Crippen molar-refractivity contribution in [3.8, 4) is 5.75 Å². The van der Waals surface area contributed by atoms with E-state index in [0.29, 0.717) is 56.8 Å². The summed E-state index contributed by atoms with van der Waals surface area (Å²) in [5, 5.41) is 14.3. The molecule has 0 bridgehead atoms. The van der Waals surface area contributed by atoms with Crippen LogP contribution in [0.3, 0.4) is 0 Å². The summed E-state index contributed by atoms with van der Waals surface area (Å²) < 4.78 is 10.5. The second-order valence-electron chi connectivity index (χ2n) is 8.51. The third-order valence-corrected chi connectivity index (χ3v) is 6.31. The number of nitrogens with zero attached hydrogens (tertiary/aromatic N) is 3. The lowest BCUT2D eigenvalue weighted by Crippen LogP contribution is -2.44. The molecule has 0 aliphatic carbocycles. The second-order valence-corrected chi connectivity index (χ2v) is 8.51. The summed E-state index contributed by atoms with van der Waals surface area (Å²) in [5.41, 5.74) is 1.41. The molecule has 0 radical (unpaired) electrons. The first-order chi connectivity index (χ1) is 14.9. The Labute approximate surface area is 181 Å². The van der Waals surface area contributed by atoms with Crippen molar-refractivity contribution >= 4 is 11.8 Å². The molecule has 1 N–H and O–H groups in total. The van der Waals surface area contributed by atoms with Crippen LogP contribution >= 0.6 is 0 Å². The Morgan fingerprint density at radius 2 is 1.97 bits per heavy atom. The summed E-state index contributed by atoms with van der Waals surface area (Å²) in [6.07, 6.45) is 1.27. The Morgan fingerprint density at radius 1 is 1.19 bits per heavy atom.